The summed E-state index contributed by atoms with van der Waals surface area (Å²) in [5.74, 6) is 4.08. The molecule has 0 aromatic heterocycles. The van der Waals surface area contributed by atoms with E-state index >= 15 is 0 Å². The topological polar surface area (TPSA) is 20.2 Å². The molecule has 4 fully saturated rings. The number of aliphatic hydroxyl groups excluding tert-OH is 1. The third-order valence-corrected chi connectivity index (χ3v) is 12.0. The molecule has 1 N–H and O–H groups in total. The van der Waals surface area contributed by atoms with E-state index in [4.69, 9.17) is 0 Å². The predicted molar refractivity (Wildman–Crippen MR) is 121 cm³/mol. The number of hydrogen-bond acceptors (Lipinski definition) is 1. The molecule has 0 aromatic rings. The van der Waals surface area contributed by atoms with E-state index in [0.717, 1.165) is 30.1 Å². The highest BCUT2D eigenvalue weighted by molar-refractivity contribution is 5.30. The van der Waals surface area contributed by atoms with Crippen LogP contribution in [0.15, 0.2) is 11.6 Å². The van der Waals surface area contributed by atoms with Crippen LogP contribution in [0.2, 0.25) is 0 Å². The van der Waals surface area contributed by atoms with Gasteiger partial charge in [0, 0.05) is 0 Å². The molecule has 164 valence electrons. The Morgan fingerprint density at radius 3 is 2.38 bits per heavy atom. The van der Waals surface area contributed by atoms with Gasteiger partial charge in [0.1, 0.15) is 0 Å². The van der Waals surface area contributed by atoms with Crippen LogP contribution in [0, 0.1) is 51.2 Å². The Morgan fingerprint density at radius 2 is 1.62 bits per heavy atom. The van der Waals surface area contributed by atoms with Gasteiger partial charge in [-0.1, -0.05) is 66.0 Å². The van der Waals surface area contributed by atoms with Crippen molar-refractivity contribution in [3.05, 3.63) is 11.6 Å². The second-order valence-corrected chi connectivity index (χ2v) is 13.5. The Balaban J connectivity index is 1.54. The van der Waals surface area contributed by atoms with Crippen molar-refractivity contribution in [2.24, 2.45) is 51.2 Å². The minimum atomic E-state index is -0.110. The summed E-state index contributed by atoms with van der Waals surface area (Å²) < 4.78 is 0. The van der Waals surface area contributed by atoms with E-state index in [-0.39, 0.29) is 11.5 Å². The molecule has 1 heteroatoms. The summed E-state index contributed by atoms with van der Waals surface area (Å²) in [4.78, 5) is 0. The lowest BCUT2D eigenvalue weighted by Gasteiger charge is -2.67. The first-order chi connectivity index (χ1) is 13.5. The van der Waals surface area contributed by atoms with Gasteiger partial charge in [-0.25, -0.2) is 0 Å². The molecule has 0 spiro atoms. The average molecular weight is 399 g/mol. The van der Waals surface area contributed by atoms with Crippen molar-refractivity contribution in [1.29, 1.82) is 0 Å². The fraction of sp³-hybridized carbons (Fsp3) is 0.929. The van der Waals surface area contributed by atoms with Crippen LogP contribution in [-0.4, -0.2) is 11.2 Å². The van der Waals surface area contributed by atoms with Crippen LogP contribution in [0.25, 0.3) is 0 Å². The zero-order valence-corrected chi connectivity index (χ0v) is 20.1. The Morgan fingerprint density at radius 1 is 0.862 bits per heavy atom. The molecule has 29 heavy (non-hydrogen) atoms. The van der Waals surface area contributed by atoms with Gasteiger partial charge in [-0.15, -0.1) is 0 Å². The maximum absolute atomic E-state index is 10.8. The Kier molecular flexibility index (Phi) is 4.52. The van der Waals surface area contributed by atoms with E-state index in [9.17, 15) is 5.11 Å². The Hall–Kier alpha value is -0.300. The lowest BCUT2D eigenvalue weighted by molar-refractivity contribution is -0.170. The van der Waals surface area contributed by atoms with Gasteiger partial charge in [-0.2, -0.15) is 0 Å². The van der Waals surface area contributed by atoms with Gasteiger partial charge in [0.15, 0.2) is 0 Å². The lowest BCUT2D eigenvalue weighted by atomic mass is 9.38. The van der Waals surface area contributed by atoms with Crippen LogP contribution in [-0.2, 0) is 0 Å². The summed E-state index contributed by atoms with van der Waals surface area (Å²) in [6.45, 7) is 15.2. The maximum Gasteiger partial charge on any atom is 0.0594 e. The molecule has 3 unspecified atom stereocenters. The number of rotatable bonds is 0. The third kappa shape index (κ3) is 2.61. The quantitative estimate of drug-likeness (QED) is 0.422. The molecular formula is C28H46O. The third-order valence-electron chi connectivity index (χ3n) is 12.0. The number of fused-ring (bicyclic) bond motifs is 7. The van der Waals surface area contributed by atoms with E-state index in [0.29, 0.717) is 22.2 Å². The van der Waals surface area contributed by atoms with Crippen molar-refractivity contribution < 1.29 is 5.11 Å². The highest BCUT2D eigenvalue weighted by Gasteiger charge is 2.63. The smallest absolute Gasteiger partial charge is 0.0594 e. The standard InChI is InChI=1S/C28H46O/c1-18-8-7-14-26(4)16-17-27(5)19-11-12-22-25(2,3)23(29)13-15-28(22,6)20(19)9-10-21(27)24(18)26/h10,18-20,22-24,29H,7-9,11-17H2,1-6H3/t18-,19?,20?,22-,23-,24?,26+,27-,28+/m0/s1. The molecular weight excluding hydrogens is 352 g/mol. The van der Waals surface area contributed by atoms with Crippen molar-refractivity contribution in [1.82, 2.24) is 0 Å². The Labute approximate surface area is 180 Å². The van der Waals surface area contributed by atoms with Gasteiger partial charge in [0.2, 0.25) is 0 Å². The Bertz CT molecular complexity index is 705. The summed E-state index contributed by atoms with van der Waals surface area (Å²) in [5.41, 5.74) is 3.39. The second-order valence-electron chi connectivity index (χ2n) is 13.5. The number of allylic oxidation sites excluding steroid dienone is 2. The van der Waals surface area contributed by atoms with E-state index in [1.807, 2.05) is 5.57 Å². The molecule has 1 nitrogen and oxygen atoms in total. The van der Waals surface area contributed by atoms with Crippen molar-refractivity contribution >= 4 is 0 Å². The van der Waals surface area contributed by atoms with Crippen molar-refractivity contribution in [3.63, 3.8) is 0 Å². The summed E-state index contributed by atoms with van der Waals surface area (Å²) in [6, 6.07) is 0. The van der Waals surface area contributed by atoms with Gasteiger partial charge >= 0.3 is 0 Å². The summed E-state index contributed by atoms with van der Waals surface area (Å²) in [5, 5.41) is 10.8. The molecule has 0 aliphatic heterocycles. The van der Waals surface area contributed by atoms with Gasteiger partial charge in [0.05, 0.1) is 6.10 Å². The highest BCUT2D eigenvalue weighted by atomic mass is 16.3. The first kappa shape index (κ1) is 20.6. The molecule has 5 aliphatic carbocycles. The SMILES string of the molecule is C[C@H]1CCC[C@]2(C)CC[C@]3(C)C(=CCC4C3CC[C@H]3C(C)(C)[C@@H](O)CC[C@]43C)C12. The van der Waals surface area contributed by atoms with Crippen LogP contribution < -0.4 is 0 Å². The molecule has 5 rings (SSSR count). The van der Waals surface area contributed by atoms with E-state index in [1.54, 1.807) is 0 Å². The van der Waals surface area contributed by atoms with E-state index in [2.05, 4.69) is 47.6 Å². The van der Waals surface area contributed by atoms with E-state index < -0.39 is 0 Å². The van der Waals surface area contributed by atoms with Crippen LogP contribution in [0.5, 0.6) is 0 Å². The lowest BCUT2D eigenvalue weighted by Crippen LogP contribution is -2.60. The largest absolute Gasteiger partial charge is 0.393 e. The molecule has 0 heterocycles. The van der Waals surface area contributed by atoms with Crippen molar-refractivity contribution in [3.8, 4) is 0 Å². The second kappa shape index (κ2) is 6.36. The van der Waals surface area contributed by atoms with Crippen molar-refractivity contribution in [2.75, 3.05) is 0 Å². The van der Waals surface area contributed by atoms with Crippen LogP contribution in [0.1, 0.15) is 106 Å². The average Bonchev–Trinajstić information content (AvgIpc) is 2.65. The van der Waals surface area contributed by atoms with Crippen molar-refractivity contribution in [2.45, 2.75) is 112 Å². The molecule has 0 aromatic carbocycles. The van der Waals surface area contributed by atoms with Crippen LogP contribution in [0.4, 0.5) is 0 Å². The highest BCUT2D eigenvalue weighted by Crippen LogP contribution is 2.71. The summed E-state index contributed by atoms with van der Waals surface area (Å²) in [7, 11) is 0. The predicted octanol–water partition coefficient (Wildman–Crippen LogP) is 7.39. The molecule has 0 radical (unpaired) electrons. The number of hydrogen-bond donors (Lipinski definition) is 1. The minimum Gasteiger partial charge on any atom is -0.393 e. The molecule has 0 saturated heterocycles. The molecule has 4 saturated carbocycles. The fourth-order valence-electron chi connectivity index (χ4n) is 10.3. The number of aliphatic hydroxyl groups is 1. The van der Waals surface area contributed by atoms with Gasteiger partial charge in [-0.05, 0) is 103 Å². The monoisotopic (exact) mass is 398 g/mol. The van der Waals surface area contributed by atoms with E-state index in [1.165, 1.54) is 57.8 Å². The normalized spacial score (nSPS) is 56.3. The molecule has 0 amide bonds. The molecule has 9 atom stereocenters. The van der Waals surface area contributed by atoms with Gasteiger partial charge in [0.25, 0.3) is 0 Å². The first-order valence-electron chi connectivity index (χ1n) is 12.9. The minimum absolute atomic E-state index is 0.0753. The van der Waals surface area contributed by atoms with Gasteiger partial charge in [-0.3, -0.25) is 0 Å². The molecule has 5 aliphatic rings. The maximum atomic E-state index is 10.8. The van der Waals surface area contributed by atoms with Gasteiger partial charge < -0.3 is 5.11 Å². The fourth-order valence-corrected chi connectivity index (χ4v) is 10.3. The summed E-state index contributed by atoms with van der Waals surface area (Å²) >= 11 is 0. The molecule has 0 bridgehead atoms. The first-order valence-corrected chi connectivity index (χ1v) is 12.9. The van der Waals surface area contributed by atoms with Crippen LogP contribution in [0.3, 0.4) is 0 Å². The van der Waals surface area contributed by atoms with Crippen LogP contribution >= 0.6 is 0 Å². The zero-order valence-electron chi connectivity index (χ0n) is 20.1. The zero-order chi connectivity index (χ0) is 20.8. The summed E-state index contributed by atoms with van der Waals surface area (Å²) in [6.07, 6.45) is 16.2.